The summed E-state index contributed by atoms with van der Waals surface area (Å²) in [5.41, 5.74) is 1.68. The van der Waals surface area contributed by atoms with E-state index in [0.717, 1.165) is 5.56 Å². The van der Waals surface area contributed by atoms with Gasteiger partial charge in [-0.05, 0) is 54.1 Å². The molecule has 0 atom stereocenters. The summed E-state index contributed by atoms with van der Waals surface area (Å²) < 4.78 is 40.0. The summed E-state index contributed by atoms with van der Waals surface area (Å²) in [6.07, 6.45) is 0. The molecule has 0 aromatic heterocycles. The Labute approximate surface area is 169 Å². The summed E-state index contributed by atoms with van der Waals surface area (Å²) in [5.74, 6) is -0.703. The van der Waals surface area contributed by atoms with Crippen LogP contribution in [0.4, 0.5) is 10.1 Å². The van der Waals surface area contributed by atoms with E-state index in [1.54, 1.807) is 61.5 Å². The van der Waals surface area contributed by atoms with Crippen LogP contribution in [0.25, 0.3) is 0 Å². The van der Waals surface area contributed by atoms with Gasteiger partial charge in [0, 0.05) is 24.3 Å². The number of carbonyl (C=O) groups is 1. The third-order valence-electron chi connectivity index (χ3n) is 4.41. The van der Waals surface area contributed by atoms with Crippen molar-refractivity contribution in [2.24, 2.45) is 0 Å². The van der Waals surface area contributed by atoms with E-state index in [4.69, 9.17) is 0 Å². The Bertz CT molecular complexity index is 1070. The van der Waals surface area contributed by atoms with E-state index in [-0.39, 0.29) is 23.2 Å². The topological polar surface area (TPSA) is 66.5 Å². The van der Waals surface area contributed by atoms with Crippen LogP contribution in [0.3, 0.4) is 0 Å². The minimum absolute atomic E-state index is 0.202. The zero-order valence-corrected chi connectivity index (χ0v) is 16.7. The summed E-state index contributed by atoms with van der Waals surface area (Å²) >= 11 is 0. The number of hydrogen-bond acceptors (Lipinski definition) is 3. The first-order chi connectivity index (χ1) is 13.9. The minimum atomic E-state index is -3.60. The van der Waals surface area contributed by atoms with Crippen LogP contribution in [0.2, 0.25) is 0 Å². The van der Waals surface area contributed by atoms with Gasteiger partial charge in [-0.2, -0.15) is 4.31 Å². The van der Waals surface area contributed by atoms with Gasteiger partial charge < -0.3 is 5.32 Å². The van der Waals surface area contributed by atoms with Crippen LogP contribution in [0.15, 0.2) is 83.8 Å². The molecule has 3 aromatic carbocycles. The molecule has 29 heavy (non-hydrogen) atoms. The molecule has 0 unspecified atom stereocenters. The number of hydrogen-bond donors (Lipinski definition) is 1. The highest BCUT2D eigenvalue weighted by Gasteiger charge is 2.22. The molecule has 0 aliphatic carbocycles. The highest BCUT2D eigenvalue weighted by Crippen LogP contribution is 2.18. The quantitative estimate of drug-likeness (QED) is 0.630. The molecule has 0 heterocycles. The third kappa shape index (κ3) is 5.07. The Kier molecular flexibility index (Phi) is 6.41. The Balaban J connectivity index is 1.70. The number of nitrogens with zero attached hydrogens (tertiary/aromatic N) is 1. The molecule has 0 bridgehead atoms. The van der Waals surface area contributed by atoms with Crippen LogP contribution in [0, 0.1) is 5.82 Å². The summed E-state index contributed by atoms with van der Waals surface area (Å²) in [6.45, 7) is 2.31. The van der Waals surface area contributed by atoms with E-state index >= 15 is 0 Å². The Hall–Kier alpha value is -3.03. The van der Waals surface area contributed by atoms with Crippen molar-refractivity contribution in [2.75, 3.05) is 11.9 Å². The number of nitrogens with one attached hydrogen (secondary N) is 1. The fourth-order valence-electron chi connectivity index (χ4n) is 2.81. The van der Waals surface area contributed by atoms with Gasteiger partial charge >= 0.3 is 0 Å². The van der Waals surface area contributed by atoms with Gasteiger partial charge in [-0.3, -0.25) is 4.79 Å². The zero-order chi connectivity index (χ0) is 20.9. The molecule has 0 saturated heterocycles. The van der Waals surface area contributed by atoms with Crippen molar-refractivity contribution in [1.29, 1.82) is 0 Å². The smallest absolute Gasteiger partial charge is 0.255 e. The standard InChI is InChI=1S/C22H21FN2O3S/c1-2-25(29(27,28)21-6-4-3-5-7-21)16-17-8-10-18(11-9-17)22(26)24-20-14-12-19(23)13-15-20/h3-15H,2,16H2,1H3,(H,24,26). The first-order valence-corrected chi connectivity index (χ1v) is 10.5. The number of carbonyl (C=O) groups excluding carboxylic acids is 1. The summed E-state index contributed by atoms with van der Waals surface area (Å²) in [7, 11) is -3.60. The molecule has 1 N–H and O–H groups in total. The van der Waals surface area contributed by atoms with E-state index in [2.05, 4.69) is 5.32 Å². The van der Waals surface area contributed by atoms with Crippen LogP contribution in [-0.4, -0.2) is 25.2 Å². The maximum absolute atomic E-state index is 13.0. The van der Waals surface area contributed by atoms with E-state index in [1.807, 2.05) is 0 Å². The molecule has 0 saturated carbocycles. The lowest BCUT2D eigenvalue weighted by molar-refractivity contribution is 0.102. The number of halogens is 1. The molecular weight excluding hydrogens is 391 g/mol. The van der Waals surface area contributed by atoms with Crippen LogP contribution in [0.1, 0.15) is 22.8 Å². The monoisotopic (exact) mass is 412 g/mol. The second-order valence-corrected chi connectivity index (χ2v) is 8.34. The highest BCUT2D eigenvalue weighted by atomic mass is 32.2. The zero-order valence-electron chi connectivity index (χ0n) is 15.9. The first kappa shape index (κ1) is 20.7. The van der Waals surface area contributed by atoms with Gasteiger partial charge in [0.15, 0.2) is 0 Å². The van der Waals surface area contributed by atoms with Gasteiger partial charge in [0.25, 0.3) is 5.91 Å². The molecule has 0 fully saturated rings. The third-order valence-corrected chi connectivity index (χ3v) is 6.35. The average Bonchev–Trinajstić information content (AvgIpc) is 2.74. The maximum Gasteiger partial charge on any atom is 0.255 e. The van der Waals surface area contributed by atoms with Crippen LogP contribution < -0.4 is 5.32 Å². The Morgan fingerprint density at radius 1 is 0.931 bits per heavy atom. The van der Waals surface area contributed by atoms with Gasteiger partial charge in [-0.1, -0.05) is 37.3 Å². The van der Waals surface area contributed by atoms with Crippen LogP contribution >= 0.6 is 0 Å². The van der Waals surface area contributed by atoms with Crippen molar-refractivity contribution in [2.45, 2.75) is 18.4 Å². The predicted molar refractivity (Wildman–Crippen MR) is 111 cm³/mol. The Morgan fingerprint density at radius 3 is 2.14 bits per heavy atom. The first-order valence-electron chi connectivity index (χ1n) is 9.11. The van der Waals surface area contributed by atoms with Gasteiger partial charge in [0.2, 0.25) is 10.0 Å². The highest BCUT2D eigenvalue weighted by molar-refractivity contribution is 7.89. The van der Waals surface area contributed by atoms with Crippen molar-refractivity contribution < 1.29 is 17.6 Å². The average molecular weight is 412 g/mol. The molecule has 0 aliphatic rings. The maximum atomic E-state index is 13.0. The SMILES string of the molecule is CCN(Cc1ccc(C(=O)Nc2ccc(F)cc2)cc1)S(=O)(=O)c1ccccc1. The molecule has 0 spiro atoms. The largest absolute Gasteiger partial charge is 0.322 e. The minimum Gasteiger partial charge on any atom is -0.322 e. The number of benzene rings is 3. The van der Waals surface area contributed by atoms with Crippen LogP contribution in [0.5, 0.6) is 0 Å². The number of amides is 1. The predicted octanol–water partition coefficient (Wildman–Crippen LogP) is 4.29. The normalized spacial score (nSPS) is 11.4. The second kappa shape index (κ2) is 8.98. The molecule has 0 radical (unpaired) electrons. The summed E-state index contributed by atoms with van der Waals surface area (Å²) in [6, 6.07) is 20.5. The number of sulfonamides is 1. The molecule has 3 rings (SSSR count). The van der Waals surface area contributed by atoms with E-state index in [0.29, 0.717) is 17.8 Å². The van der Waals surface area contributed by atoms with Gasteiger partial charge in [0.1, 0.15) is 5.82 Å². The van der Waals surface area contributed by atoms with Gasteiger partial charge in [-0.25, -0.2) is 12.8 Å². The fraction of sp³-hybridized carbons (Fsp3) is 0.136. The summed E-state index contributed by atoms with van der Waals surface area (Å²) in [4.78, 5) is 12.6. The van der Waals surface area contributed by atoms with Crippen molar-refractivity contribution in [1.82, 2.24) is 4.31 Å². The molecule has 3 aromatic rings. The molecular formula is C22H21FN2O3S. The van der Waals surface area contributed by atoms with Crippen molar-refractivity contribution >= 4 is 21.6 Å². The van der Waals surface area contributed by atoms with Gasteiger partial charge in [-0.15, -0.1) is 0 Å². The van der Waals surface area contributed by atoms with Gasteiger partial charge in [0.05, 0.1) is 4.90 Å². The molecule has 0 aliphatic heterocycles. The molecule has 5 nitrogen and oxygen atoms in total. The lowest BCUT2D eigenvalue weighted by Crippen LogP contribution is -2.30. The summed E-state index contributed by atoms with van der Waals surface area (Å²) in [5, 5.41) is 2.69. The van der Waals surface area contributed by atoms with E-state index < -0.39 is 10.0 Å². The molecule has 1 amide bonds. The van der Waals surface area contributed by atoms with Crippen molar-refractivity contribution in [3.05, 3.63) is 95.8 Å². The number of rotatable bonds is 7. The molecule has 150 valence electrons. The van der Waals surface area contributed by atoms with Crippen molar-refractivity contribution in [3.63, 3.8) is 0 Å². The Morgan fingerprint density at radius 2 is 1.55 bits per heavy atom. The van der Waals surface area contributed by atoms with Crippen LogP contribution in [-0.2, 0) is 16.6 Å². The van der Waals surface area contributed by atoms with E-state index in [1.165, 1.54) is 28.6 Å². The van der Waals surface area contributed by atoms with E-state index in [9.17, 15) is 17.6 Å². The number of anilines is 1. The lowest BCUT2D eigenvalue weighted by atomic mass is 10.1. The lowest BCUT2D eigenvalue weighted by Gasteiger charge is -2.20. The second-order valence-electron chi connectivity index (χ2n) is 6.40. The fourth-order valence-corrected chi connectivity index (χ4v) is 4.27. The van der Waals surface area contributed by atoms with Crippen molar-refractivity contribution in [3.8, 4) is 0 Å². The molecule has 7 heteroatoms.